The van der Waals surface area contributed by atoms with Crippen molar-refractivity contribution in [2.75, 3.05) is 45.4 Å². The molecule has 0 aromatic carbocycles. The minimum atomic E-state index is -0.772. The molecule has 0 radical (unpaired) electrons. The number of hydrogen-bond acceptors (Lipinski definition) is 4. The Bertz CT molecular complexity index is 200. The first-order valence-corrected chi connectivity index (χ1v) is 6.66. The second kappa shape index (κ2) is 10.1. The molecule has 0 aliphatic carbocycles. The molecule has 0 bridgehead atoms. The summed E-state index contributed by atoms with van der Waals surface area (Å²) < 4.78 is 15.5. The van der Waals surface area contributed by atoms with Gasteiger partial charge in [-0.15, -0.1) is 0 Å². The largest absolute Gasteiger partial charge is 0.383 e. The second-order valence-corrected chi connectivity index (χ2v) is 4.71. The van der Waals surface area contributed by atoms with Crippen LogP contribution in [0.4, 0.5) is 0 Å². The molecule has 1 amide bonds. The van der Waals surface area contributed by atoms with E-state index in [0.717, 1.165) is 6.42 Å². The molecule has 1 unspecified atom stereocenters. The van der Waals surface area contributed by atoms with Gasteiger partial charge in [0.25, 0.3) is 0 Å². The zero-order chi connectivity index (χ0) is 11.5. The molecule has 0 aromatic rings. The van der Waals surface area contributed by atoms with E-state index in [-0.39, 0.29) is 5.91 Å². The molecule has 0 aliphatic rings. The van der Waals surface area contributed by atoms with E-state index in [9.17, 15) is 9.00 Å². The third-order valence-corrected chi connectivity index (χ3v) is 2.56. The highest BCUT2D eigenvalue weighted by Gasteiger charge is 1.99. The summed E-state index contributed by atoms with van der Waals surface area (Å²) in [6.07, 6.45) is 2.42. The third kappa shape index (κ3) is 11.5. The lowest BCUT2D eigenvalue weighted by atomic mass is 10.4. The van der Waals surface area contributed by atoms with Crippen molar-refractivity contribution < 1.29 is 13.7 Å². The van der Waals surface area contributed by atoms with Crippen LogP contribution in [0.3, 0.4) is 0 Å². The van der Waals surface area contributed by atoms with Crippen LogP contribution in [0.25, 0.3) is 0 Å². The van der Waals surface area contributed by atoms with Gasteiger partial charge in [-0.05, 0) is 6.42 Å². The molecule has 0 spiro atoms. The summed E-state index contributed by atoms with van der Waals surface area (Å²) in [5, 5.41) is 5.68. The maximum atomic E-state index is 11.2. The Kier molecular flexibility index (Phi) is 9.76. The van der Waals surface area contributed by atoms with Crippen molar-refractivity contribution in [3.8, 4) is 0 Å². The predicted molar refractivity (Wildman–Crippen MR) is 61.3 cm³/mol. The van der Waals surface area contributed by atoms with Crippen molar-refractivity contribution >= 4 is 16.7 Å². The molecule has 0 saturated carbocycles. The Labute approximate surface area is 93.4 Å². The van der Waals surface area contributed by atoms with Gasteiger partial charge in [-0.1, -0.05) is 0 Å². The van der Waals surface area contributed by atoms with Crippen LogP contribution in [-0.2, 0) is 20.3 Å². The van der Waals surface area contributed by atoms with Crippen molar-refractivity contribution in [3.05, 3.63) is 0 Å². The zero-order valence-electron chi connectivity index (χ0n) is 9.38. The van der Waals surface area contributed by atoms with Crippen LogP contribution in [-0.4, -0.2) is 55.5 Å². The summed E-state index contributed by atoms with van der Waals surface area (Å²) in [7, 11) is 0.846. The number of amides is 1. The van der Waals surface area contributed by atoms with Crippen LogP contribution in [0.5, 0.6) is 0 Å². The fourth-order valence-corrected chi connectivity index (χ4v) is 1.49. The summed E-state index contributed by atoms with van der Waals surface area (Å²) in [6, 6.07) is 0. The Morgan fingerprint density at radius 2 is 2.13 bits per heavy atom. The number of ether oxygens (including phenoxy) is 1. The zero-order valence-corrected chi connectivity index (χ0v) is 10.2. The molecule has 90 valence electrons. The summed E-state index contributed by atoms with van der Waals surface area (Å²) in [5.74, 6) is 0.602. The van der Waals surface area contributed by atoms with E-state index in [1.54, 1.807) is 13.4 Å². The first-order valence-electron chi connectivity index (χ1n) is 4.93. The molecule has 0 fully saturated rings. The van der Waals surface area contributed by atoms with Crippen LogP contribution in [0.15, 0.2) is 0 Å². The number of carbonyl (C=O) groups excluding carboxylic acids is 1. The van der Waals surface area contributed by atoms with Gasteiger partial charge in [0, 0.05) is 43.0 Å². The number of carbonyl (C=O) groups is 1. The molecule has 6 heteroatoms. The maximum Gasteiger partial charge on any atom is 0.233 e. The molecule has 5 nitrogen and oxygen atoms in total. The van der Waals surface area contributed by atoms with Gasteiger partial charge < -0.3 is 15.4 Å². The van der Waals surface area contributed by atoms with Gasteiger partial charge >= 0.3 is 0 Å². The molecule has 0 aromatic heterocycles. The lowest BCUT2D eigenvalue weighted by Gasteiger charge is -2.05. The molecule has 1 atom stereocenters. The second-order valence-electron chi connectivity index (χ2n) is 3.15. The SMILES string of the molecule is COCCNCC(=O)NCCCS(C)=O. The van der Waals surface area contributed by atoms with Crippen LogP contribution >= 0.6 is 0 Å². The van der Waals surface area contributed by atoms with Crippen LogP contribution in [0.2, 0.25) is 0 Å². The number of nitrogens with one attached hydrogen (secondary N) is 2. The molecular formula is C9H20N2O3S. The summed E-state index contributed by atoms with van der Waals surface area (Å²) >= 11 is 0. The van der Waals surface area contributed by atoms with E-state index >= 15 is 0 Å². The minimum Gasteiger partial charge on any atom is -0.383 e. The normalized spacial score (nSPS) is 12.4. The first kappa shape index (κ1) is 14.5. The van der Waals surface area contributed by atoms with Crippen molar-refractivity contribution in [2.24, 2.45) is 0 Å². The Morgan fingerprint density at radius 1 is 1.40 bits per heavy atom. The topological polar surface area (TPSA) is 67.4 Å². The van der Waals surface area contributed by atoms with Crippen LogP contribution < -0.4 is 10.6 Å². The molecule has 15 heavy (non-hydrogen) atoms. The van der Waals surface area contributed by atoms with Gasteiger partial charge in [0.05, 0.1) is 13.2 Å². The Hall–Kier alpha value is -0.460. The van der Waals surface area contributed by atoms with E-state index in [0.29, 0.717) is 32.0 Å². The van der Waals surface area contributed by atoms with E-state index < -0.39 is 10.8 Å². The standard InChI is InChI=1S/C9H20N2O3S/c1-14-6-5-10-8-9(12)11-4-3-7-15(2)13/h10H,3-8H2,1-2H3,(H,11,12). The lowest BCUT2D eigenvalue weighted by molar-refractivity contribution is -0.120. The van der Waals surface area contributed by atoms with Crippen LogP contribution in [0.1, 0.15) is 6.42 Å². The quantitative estimate of drug-likeness (QED) is 0.510. The first-order chi connectivity index (χ1) is 7.16. The van der Waals surface area contributed by atoms with E-state index in [1.165, 1.54) is 0 Å². The minimum absolute atomic E-state index is 0.0343. The molecule has 0 saturated heterocycles. The molecular weight excluding hydrogens is 216 g/mol. The summed E-state index contributed by atoms with van der Waals surface area (Å²) in [4.78, 5) is 11.2. The van der Waals surface area contributed by atoms with Gasteiger partial charge in [-0.3, -0.25) is 9.00 Å². The Balaban J connectivity index is 3.22. The maximum absolute atomic E-state index is 11.2. The highest BCUT2D eigenvalue weighted by molar-refractivity contribution is 7.84. The molecule has 0 aliphatic heterocycles. The van der Waals surface area contributed by atoms with Crippen molar-refractivity contribution in [2.45, 2.75) is 6.42 Å². The van der Waals surface area contributed by atoms with Crippen LogP contribution in [0, 0.1) is 0 Å². The average molecular weight is 236 g/mol. The summed E-state index contributed by atoms with van der Waals surface area (Å²) in [5.41, 5.74) is 0. The average Bonchev–Trinajstić information content (AvgIpc) is 2.19. The van der Waals surface area contributed by atoms with Gasteiger partial charge in [0.2, 0.25) is 5.91 Å². The fraction of sp³-hybridized carbons (Fsp3) is 0.889. The number of methoxy groups -OCH3 is 1. The van der Waals surface area contributed by atoms with Crippen molar-refractivity contribution in [1.29, 1.82) is 0 Å². The molecule has 0 heterocycles. The molecule has 0 rings (SSSR count). The lowest BCUT2D eigenvalue weighted by Crippen LogP contribution is -2.35. The monoisotopic (exact) mass is 236 g/mol. The van der Waals surface area contributed by atoms with Crippen molar-refractivity contribution in [1.82, 2.24) is 10.6 Å². The predicted octanol–water partition coefficient (Wildman–Crippen LogP) is -0.893. The van der Waals surface area contributed by atoms with Gasteiger partial charge in [-0.2, -0.15) is 0 Å². The van der Waals surface area contributed by atoms with Gasteiger partial charge in [0.15, 0.2) is 0 Å². The van der Waals surface area contributed by atoms with E-state index in [1.807, 2.05) is 0 Å². The van der Waals surface area contributed by atoms with Gasteiger partial charge in [0.1, 0.15) is 0 Å². The van der Waals surface area contributed by atoms with E-state index in [4.69, 9.17) is 4.74 Å². The van der Waals surface area contributed by atoms with Gasteiger partial charge in [-0.25, -0.2) is 0 Å². The van der Waals surface area contributed by atoms with E-state index in [2.05, 4.69) is 10.6 Å². The number of rotatable bonds is 9. The summed E-state index contributed by atoms with van der Waals surface area (Å²) in [6.45, 7) is 2.16. The highest BCUT2D eigenvalue weighted by Crippen LogP contribution is 1.81. The smallest absolute Gasteiger partial charge is 0.233 e. The van der Waals surface area contributed by atoms with Crippen molar-refractivity contribution in [3.63, 3.8) is 0 Å². The Morgan fingerprint density at radius 3 is 2.73 bits per heavy atom. The third-order valence-electron chi connectivity index (χ3n) is 1.70. The molecule has 2 N–H and O–H groups in total. The highest BCUT2D eigenvalue weighted by atomic mass is 32.2. The number of hydrogen-bond donors (Lipinski definition) is 2. The fourth-order valence-electron chi connectivity index (χ4n) is 0.942.